The molecule has 1 amide bonds. The highest BCUT2D eigenvalue weighted by atomic mass is 16.2. The standard InChI is InChI=1S/C9H16N4O/c1-2-7(10)9(14)13-4-3-8-11-5-6-12-8/h5-7H,2-4,10H2,1H3,(H,11,12)(H,13,14)/t7-/m1/s1. The zero-order chi connectivity index (χ0) is 10.4. The molecule has 1 aromatic heterocycles. The van der Waals surface area contributed by atoms with Crippen LogP contribution >= 0.6 is 0 Å². The van der Waals surface area contributed by atoms with Crippen molar-refractivity contribution in [1.29, 1.82) is 0 Å². The van der Waals surface area contributed by atoms with Crippen LogP contribution in [0.5, 0.6) is 0 Å². The Morgan fingerprint density at radius 2 is 2.57 bits per heavy atom. The van der Waals surface area contributed by atoms with Crippen molar-refractivity contribution >= 4 is 5.91 Å². The normalized spacial score (nSPS) is 12.4. The summed E-state index contributed by atoms with van der Waals surface area (Å²) in [6, 6.07) is -0.397. The molecule has 0 radical (unpaired) electrons. The molecule has 0 bridgehead atoms. The van der Waals surface area contributed by atoms with Crippen LogP contribution in [-0.4, -0.2) is 28.5 Å². The Balaban J connectivity index is 2.18. The number of nitrogens with one attached hydrogen (secondary N) is 2. The minimum Gasteiger partial charge on any atom is -0.354 e. The first-order valence-corrected chi connectivity index (χ1v) is 4.75. The number of aromatic nitrogens is 2. The molecule has 5 heteroatoms. The first-order chi connectivity index (χ1) is 6.74. The van der Waals surface area contributed by atoms with Crippen molar-refractivity contribution in [3.63, 3.8) is 0 Å². The van der Waals surface area contributed by atoms with E-state index in [0.29, 0.717) is 19.4 Å². The van der Waals surface area contributed by atoms with Crippen molar-refractivity contribution in [3.05, 3.63) is 18.2 Å². The molecule has 0 unspecified atom stereocenters. The fourth-order valence-corrected chi connectivity index (χ4v) is 1.06. The SMILES string of the molecule is CC[C@@H](N)C(=O)NCCc1ncc[nH]1. The van der Waals surface area contributed by atoms with Gasteiger partial charge in [0.05, 0.1) is 6.04 Å². The summed E-state index contributed by atoms with van der Waals surface area (Å²) in [7, 11) is 0. The number of nitrogens with two attached hydrogens (primary N) is 1. The largest absolute Gasteiger partial charge is 0.354 e. The fourth-order valence-electron chi connectivity index (χ4n) is 1.06. The van der Waals surface area contributed by atoms with E-state index in [-0.39, 0.29) is 5.91 Å². The van der Waals surface area contributed by atoms with Gasteiger partial charge in [-0.15, -0.1) is 0 Å². The predicted molar refractivity (Wildman–Crippen MR) is 53.6 cm³/mol. The fraction of sp³-hybridized carbons (Fsp3) is 0.556. The summed E-state index contributed by atoms with van der Waals surface area (Å²) in [4.78, 5) is 18.2. The van der Waals surface area contributed by atoms with Gasteiger partial charge in [0.15, 0.2) is 0 Å². The monoisotopic (exact) mass is 196 g/mol. The molecule has 1 heterocycles. The van der Waals surface area contributed by atoms with E-state index < -0.39 is 6.04 Å². The van der Waals surface area contributed by atoms with E-state index in [9.17, 15) is 4.79 Å². The van der Waals surface area contributed by atoms with Crippen LogP contribution in [0.4, 0.5) is 0 Å². The summed E-state index contributed by atoms with van der Waals surface area (Å²) in [6.45, 7) is 2.46. The van der Waals surface area contributed by atoms with Gasteiger partial charge in [-0.3, -0.25) is 4.79 Å². The second kappa shape index (κ2) is 5.39. The van der Waals surface area contributed by atoms with Crippen LogP contribution in [-0.2, 0) is 11.2 Å². The molecule has 0 saturated carbocycles. The minimum absolute atomic E-state index is 0.0981. The number of rotatable bonds is 5. The van der Waals surface area contributed by atoms with Crippen molar-refractivity contribution in [3.8, 4) is 0 Å². The van der Waals surface area contributed by atoms with Gasteiger partial charge in [-0.2, -0.15) is 0 Å². The van der Waals surface area contributed by atoms with Gasteiger partial charge in [-0.25, -0.2) is 4.98 Å². The molecule has 4 N–H and O–H groups in total. The molecule has 78 valence electrons. The Bertz CT molecular complexity index is 270. The maximum Gasteiger partial charge on any atom is 0.236 e. The predicted octanol–water partition coefficient (Wildman–Crippen LogP) is -0.194. The highest BCUT2D eigenvalue weighted by Crippen LogP contribution is 1.89. The number of nitrogens with zero attached hydrogens (tertiary/aromatic N) is 1. The topological polar surface area (TPSA) is 83.8 Å². The zero-order valence-electron chi connectivity index (χ0n) is 8.29. The maximum atomic E-state index is 11.2. The summed E-state index contributed by atoms with van der Waals surface area (Å²) >= 11 is 0. The van der Waals surface area contributed by atoms with Gasteiger partial charge in [0.25, 0.3) is 0 Å². The molecule has 1 aromatic rings. The molecule has 1 atom stereocenters. The van der Waals surface area contributed by atoms with E-state index in [1.54, 1.807) is 12.4 Å². The number of aromatic amines is 1. The van der Waals surface area contributed by atoms with Crippen molar-refractivity contribution in [2.45, 2.75) is 25.8 Å². The summed E-state index contributed by atoms with van der Waals surface area (Å²) < 4.78 is 0. The number of amides is 1. The van der Waals surface area contributed by atoms with Gasteiger partial charge < -0.3 is 16.0 Å². The lowest BCUT2D eigenvalue weighted by molar-refractivity contribution is -0.122. The molecule has 0 aliphatic heterocycles. The quantitative estimate of drug-likeness (QED) is 0.610. The van der Waals surface area contributed by atoms with Crippen LogP contribution in [0.15, 0.2) is 12.4 Å². The van der Waals surface area contributed by atoms with Crippen molar-refractivity contribution in [2.24, 2.45) is 5.73 Å². The summed E-state index contributed by atoms with van der Waals surface area (Å²) in [6.07, 6.45) is 4.81. The Kier molecular flexibility index (Phi) is 4.12. The molecule has 1 rings (SSSR count). The van der Waals surface area contributed by atoms with Gasteiger partial charge in [0.2, 0.25) is 5.91 Å². The number of carbonyl (C=O) groups excluding carboxylic acids is 1. The van der Waals surface area contributed by atoms with E-state index >= 15 is 0 Å². The average molecular weight is 196 g/mol. The van der Waals surface area contributed by atoms with Gasteiger partial charge in [0.1, 0.15) is 5.82 Å². The average Bonchev–Trinajstić information content (AvgIpc) is 2.69. The van der Waals surface area contributed by atoms with E-state index in [1.165, 1.54) is 0 Å². The van der Waals surface area contributed by atoms with Crippen LogP contribution in [0.25, 0.3) is 0 Å². The maximum absolute atomic E-state index is 11.2. The molecule has 14 heavy (non-hydrogen) atoms. The van der Waals surface area contributed by atoms with E-state index in [2.05, 4.69) is 15.3 Å². The van der Waals surface area contributed by atoms with Gasteiger partial charge in [-0.05, 0) is 6.42 Å². The Hall–Kier alpha value is -1.36. The third kappa shape index (κ3) is 3.18. The lowest BCUT2D eigenvalue weighted by atomic mass is 10.2. The lowest BCUT2D eigenvalue weighted by Crippen LogP contribution is -2.40. The lowest BCUT2D eigenvalue weighted by Gasteiger charge is -2.08. The third-order valence-electron chi connectivity index (χ3n) is 1.99. The van der Waals surface area contributed by atoms with E-state index in [1.807, 2.05) is 6.92 Å². The van der Waals surface area contributed by atoms with Gasteiger partial charge in [-0.1, -0.05) is 6.92 Å². The minimum atomic E-state index is -0.397. The van der Waals surface area contributed by atoms with Crippen LogP contribution in [0.3, 0.4) is 0 Å². The summed E-state index contributed by atoms with van der Waals surface area (Å²) in [5.74, 6) is 0.773. The Morgan fingerprint density at radius 3 is 3.14 bits per heavy atom. The molecule has 0 aliphatic carbocycles. The van der Waals surface area contributed by atoms with Crippen molar-refractivity contribution in [1.82, 2.24) is 15.3 Å². The third-order valence-corrected chi connectivity index (χ3v) is 1.99. The smallest absolute Gasteiger partial charge is 0.236 e. The van der Waals surface area contributed by atoms with Gasteiger partial charge in [0, 0.05) is 25.4 Å². The van der Waals surface area contributed by atoms with Crippen LogP contribution in [0.1, 0.15) is 19.2 Å². The highest BCUT2D eigenvalue weighted by molar-refractivity contribution is 5.81. The van der Waals surface area contributed by atoms with Crippen LogP contribution in [0, 0.1) is 0 Å². The van der Waals surface area contributed by atoms with Crippen molar-refractivity contribution in [2.75, 3.05) is 6.54 Å². The van der Waals surface area contributed by atoms with Crippen LogP contribution < -0.4 is 11.1 Å². The molecule has 5 nitrogen and oxygen atoms in total. The molecule has 0 saturated heterocycles. The van der Waals surface area contributed by atoms with E-state index in [0.717, 1.165) is 5.82 Å². The molecular formula is C9H16N4O. The number of imidazole rings is 1. The van der Waals surface area contributed by atoms with Crippen LogP contribution in [0.2, 0.25) is 0 Å². The number of carbonyl (C=O) groups is 1. The molecule has 0 aromatic carbocycles. The highest BCUT2D eigenvalue weighted by Gasteiger charge is 2.09. The molecule has 0 fully saturated rings. The first kappa shape index (κ1) is 10.7. The number of hydrogen-bond donors (Lipinski definition) is 3. The molecule has 0 aliphatic rings. The zero-order valence-corrected chi connectivity index (χ0v) is 8.29. The van der Waals surface area contributed by atoms with Gasteiger partial charge >= 0.3 is 0 Å². The second-order valence-electron chi connectivity index (χ2n) is 3.09. The molecule has 0 spiro atoms. The Morgan fingerprint density at radius 1 is 1.79 bits per heavy atom. The number of hydrogen-bond acceptors (Lipinski definition) is 3. The number of H-pyrrole nitrogens is 1. The summed E-state index contributed by atoms with van der Waals surface area (Å²) in [5, 5.41) is 2.75. The van der Waals surface area contributed by atoms with Crippen molar-refractivity contribution < 1.29 is 4.79 Å². The second-order valence-corrected chi connectivity index (χ2v) is 3.09. The first-order valence-electron chi connectivity index (χ1n) is 4.75. The Labute approximate surface area is 83.1 Å². The van der Waals surface area contributed by atoms with E-state index in [4.69, 9.17) is 5.73 Å². The molecular weight excluding hydrogens is 180 g/mol. The summed E-state index contributed by atoms with van der Waals surface area (Å²) in [5.41, 5.74) is 5.54.